The predicted octanol–water partition coefficient (Wildman–Crippen LogP) is 2.73. The molecule has 0 aromatic carbocycles. The SMILES string of the molecule is CCOC(=O)OC1CCCN(CC2CCCCC2)C1=O. The summed E-state index contributed by atoms with van der Waals surface area (Å²) in [5, 5.41) is 0. The van der Waals surface area contributed by atoms with Crippen molar-refractivity contribution in [1.82, 2.24) is 4.90 Å². The number of carbonyl (C=O) groups excluding carboxylic acids is 2. The van der Waals surface area contributed by atoms with Crippen LogP contribution < -0.4 is 0 Å². The van der Waals surface area contributed by atoms with Crippen LogP contribution in [0.3, 0.4) is 0 Å². The van der Waals surface area contributed by atoms with Gasteiger partial charge in [-0.2, -0.15) is 0 Å². The second-order valence-corrected chi connectivity index (χ2v) is 5.72. The molecule has 1 aliphatic heterocycles. The van der Waals surface area contributed by atoms with E-state index in [1.54, 1.807) is 6.92 Å². The summed E-state index contributed by atoms with van der Waals surface area (Å²) in [5.74, 6) is 0.573. The minimum Gasteiger partial charge on any atom is -0.435 e. The number of carbonyl (C=O) groups is 2. The first-order valence-corrected chi connectivity index (χ1v) is 7.83. The molecule has 1 amide bonds. The van der Waals surface area contributed by atoms with Crippen LogP contribution in [0.2, 0.25) is 0 Å². The van der Waals surface area contributed by atoms with Gasteiger partial charge in [0.15, 0.2) is 6.10 Å². The largest absolute Gasteiger partial charge is 0.509 e. The fourth-order valence-electron chi connectivity index (χ4n) is 3.14. The molecule has 0 aromatic heterocycles. The summed E-state index contributed by atoms with van der Waals surface area (Å²) in [6.45, 7) is 3.60. The molecule has 1 aliphatic carbocycles. The van der Waals surface area contributed by atoms with Crippen molar-refractivity contribution in [3.05, 3.63) is 0 Å². The molecule has 1 saturated heterocycles. The van der Waals surface area contributed by atoms with Crippen molar-refractivity contribution < 1.29 is 19.1 Å². The van der Waals surface area contributed by atoms with E-state index < -0.39 is 12.3 Å². The van der Waals surface area contributed by atoms with Crippen molar-refractivity contribution in [2.45, 2.75) is 58.0 Å². The third kappa shape index (κ3) is 4.12. The third-order valence-electron chi connectivity index (χ3n) is 4.19. The number of hydrogen-bond donors (Lipinski definition) is 0. The van der Waals surface area contributed by atoms with E-state index in [0.717, 1.165) is 19.5 Å². The van der Waals surface area contributed by atoms with Crippen LogP contribution in [0.25, 0.3) is 0 Å². The highest BCUT2D eigenvalue weighted by Crippen LogP contribution is 2.26. The maximum atomic E-state index is 12.3. The number of ether oxygens (including phenoxy) is 2. The topological polar surface area (TPSA) is 55.8 Å². The van der Waals surface area contributed by atoms with Crippen LogP contribution in [-0.4, -0.2) is 42.8 Å². The van der Waals surface area contributed by atoms with Gasteiger partial charge in [0, 0.05) is 13.1 Å². The Kier molecular flexibility index (Phi) is 5.68. The Morgan fingerprint density at radius 1 is 1.20 bits per heavy atom. The standard InChI is InChI=1S/C15H25NO4/c1-2-19-15(18)20-13-9-6-10-16(14(13)17)11-12-7-4-3-5-8-12/h12-13H,2-11H2,1H3. The zero-order chi connectivity index (χ0) is 14.4. The first kappa shape index (κ1) is 15.1. The molecule has 1 atom stereocenters. The molecule has 5 heteroatoms. The number of nitrogens with zero attached hydrogens (tertiary/aromatic N) is 1. The first-order valence-electron chi connectivity index (χ1n) is 7.83. The van der Waals surface area contributed by atoms with E-state index in [4.69, 9.17) is 9.47 Å². The number of rotatable bonds is 4. The zero-order valence-corrected chi connectivity index (χ0v) is 12.3. The summed E-state index contributed by atoms with van der Waals surface area (Å²) in [6.07, 6.45) is 6.42. The van der Waals surface area contributed by atoms with Crippen LogP contribution in [0.5, 0.6) is 0 Å². The van der Waals surface area contributed by atoms with Crippen molar-refractivity contribution in [1.29, 1.82) is 0 Å². The van der Waals surface area contributed by atoms with E-state index >= 15 is 0 Å². The zero-order valence-electron chi connectivity index (χ0n) is 12.3. The fraction of sp³-hybridized carbons (Fsp3) is 0.867. The van der Waals surface area contributed by atoms with Crippen LogP contribution in [-0.2, 0) is 14.3 Å². The van der Waals surface area contributed by atoms with Crippen LogP contribution in [0.4, 0.5) is 4.79 Å². The molecule has 0 radical (unpaired) electrons. The number of piperidine rings is 1. The van der Waals surface area contributed by atoms with Gasteiger partial charge in [0.2, 0.25) is 0 Å². The van der Waals surface area contributed by atoms with Gasteiger partial charge < -0.3 is 14.4 Å². The van der Waals surface area contributed by atoms with Crippen molar-refractivity contribution in [3.63, 3.8) is 0 Å². The first-order chi connectivity index (χ1) is 9.70. The van der Waals surface area contributed by atoms with Crippen molar-refractivity contribution in [2.75, 3.05) is 19.7 Å². The van der Waals surface area contributed by atoms with Gasteiger partial charge >= 0.3 is 6.16 Å². The number of amides is 1. The van der Waals surface area contributed by atoms with Gasteiger partial charge in [-0.1, -0.05) is 19.3 Å². The smallest absolute Gasteiger partial charge is 0.435 e. The summed E-state index contributed by atoms with van der Waals surface area (Å²) in [4.78, 5) is 25.5. The van der Waals surface area contributed by atoms with E-state index in [0.29, 0.717) is 12.3 Å². The Hall–Kier alpha value is -1.26. The van der Waals surface area contributed by atoms with Gasteiger partial charge in [0.25, 0.3) is 5.91 Å². The Balaban J connectivity index is 1.84. The molecular weight excluding hydrogens is 258 g/mol. The van der Waals surface area contributed by atoms with Crippen LogP contribution in [0.1, 0.15) is 51.9 Å². The highest BCUT2D eigenvalue weighted by atomic mass is 16.7. The number of hydrogen-bond acceptors (Lipinski definition) is 4. The van der Waals surface area contributed by atoms with Gasteiger partial charge in [-0.25, -0.2) is 4.79 Å². The predicted molar refractivity (Wildman–Crippen MR) is 74.3 cm³/mol. The van der Waals surface area contributed by atoms with Gasteiger partial charge in [-0.05, 0) is 38.5 Å². The molecule has 0 aromatic rings. The molecule has 1 unspecified atom stereocenters. The van der Waals surface area contributed by atoms with Gasteiger partial charge in [0.1, 0.15) is 0 Å². The van der Waals surface area contributed by atoms with E-state index in [1.165, 1.54) is 32.1 Å². The average molecular weight is 283 g/mol. The average Bonchev–Trinajstić information content (AvgIpc) is 2.45. The molecule has 0 bridgehead atoms. The molecule has 2 fully saturated rings. The van der Waals surface area contributed by atoms with Crippen molar-refractivity contribution >= 4 is 12.1 Å². The summed E-state index contributed by atoms with van der Waals surface area (Å²) >= 11 is 0. The molecule has 114 valence electrons. The highest BCUT2D eigenvalue weighted by molar-refractivity contribution is 5.83. The molecule has 1 heterocycles. The molecule has 0 N–H and O–H groups in total. The molecule has 2 aliphatic rings. The summed E-state index contributed by atoms with van der Waals surface area (Å²) in [7, 11) is 0. The Morgan fingerprint density at radius 3 is 2.65 bits per heavy atom. The molecule has 20 heavy (non-hydrogen) atoms. The van der Waals surface area contributed by atoms with Crippen LogP contribution in [0, 0.1) is 5.92 Å². The van der Waals surface area contributed by atoms with Crippen molar-refractivity contribution in [2.24, 2.45) is 5.92 Å². The Bertz CT molecular complexity index is 339. The second-order valence-electron chi connectivity index (χ2n) is 5.72. The van der Waals surface area contributed by atoms with Crippen molar-refractivity contribution in [3.8, 4) is 0 Å². The minimum absolute atomic E-state index is 0.0464. The molecular formula is C15H25NO4. The third-order valence-corrected chi connectivity index (χ3v) is 4.19. The lowest BCUT2D eigenvalue weighted by Crippen LogP contribution is -2.48. The lowest BCUT2D eigenvalue weighted by atomic mass is 9.88. The monoisotopic (exact) mass is 283 g/mol. The Morgan fingerprint density at radius 2 is 1.95 bits per heavy atom. The normalized spacial score (nSPS) is 24.6. The van der Waals surface area contributed by atoms with E-state index in [2.05, 4.69) is 0 Å². The molecule has 1 saturated carbocycles. The molecule has 2 rings (SSSR count). The van der Waals surface area contributed by atoms with Gasteiger partial charge in [0.05, 0.1) is 6.61 Å². The van der Waals surface area contributed by atoms with E-state index in [9.17, 15) is 9.59 Å². The molecule has 0 spiro atoms. The lowest BCUT2D eigenvalue weighted by molar-refractivity contribution is -0.146. The maximum absolute atomic E-state index is 12.3. The van der Waals surface area contributed by atoms with E-state index in [1.807, 2.05) is 4.90 Å². The van der Waals surface area contributed by atoms with Gasteiger partial charge in [-0.3, -0.25) is 4.79 Å². The maximum Gasteiger partial charge on any atom is 0.509 e. The minimum atomic E-state index is -0.731. The number of likely N-dealkylation sites (tertiary alicyclic amines) is 1. The molecule has 5 nitrogen and oxygen atoms in total. The van der Waals surface area contributed by atoms with Crippen LogP contribution >= 0.6 is 0 Å². The van der Waals surface area contributed by atoms with Crippen LogP contribution in [0.15, 0.2) is 0 Å². The summed E-state index contributed by atoms with van der Waals surface area (Å²) in [6, 6.07) is 0. The van der Waals surface area contributed by atoms with Gasteiger partial charge in [-0.15, -0.1) is 0 Å². The fourth-order valence-corrected chi connectivity index (χ4v) is 3.14. The lowest BCUT2D eigenvalue weighted by Gasteiger charge is -2.35. The second kappa shape index (κ2) is 7.50. The summed E-state index contributed by atoms with van der Waals surface area (Å²) < 4.78 is 9.86. The highest BCUT2D eigenvalue weighted by Gasteiger charge is 2.33. The quantitative estimate of drug-likeness (QED) is 0.744. The van der Waals surface area contributed by atoms with E-state index in [-0.39, 0.29) is 12.5 Å². The Labute approximate surface area is 120 Å². The summed E-state index contributed by atoms with van der Waals surface area (Å²) in [5.41, 5.74) is 0.